The highest BCUT2D eigenvalue weighted by Crippen LogP contribution is 2.21. The Balaban J connectivity index is 1.88. The summed E-state index contributed by atoms with van der Waals surface area (Å²) in [5, 5.41) is 12.2. The van der Waals surface area contributed by atoms with Crippen LogP contribution in [-0.2, 0) is 9.53 Å². The molecule has 2 saturated heterocycles. The summed E-state index contributed by atoms with van der Waals surface area (Å²) in [6.07, 6.45) is 1.83. The number of carbonyl (C=O) groups excluding carboxylic acids is 1. The molecule has 2 unspecified atom stereocenters. The Morgan fingerprint density at radius 2 is 2.12 bits per heavy atom. The van der Waals surface area contributed by atoms with Crippen molar-refractivity contribution in [2.24, 2.45) is 11.8 Å². The van der Waals surface area contributed by atoms with Crippen LogP contribution in [0.5, 0.6) is 0 Å². The number of hydrogen-bond donors (Lipinski definition) is 2. The standard InChI is InChI=1S/C12H22N2O3/c1-13-11-8-17-7-10(11)12(16)14-4-2-9(6-15)3-5-14/h9-11,13,15H,2-8H2,1H3. The Labute approximate surface area is 102 Å². The molecule has 2 aliphatic heterocycles. The number of amides is 1. The molecule has 0 spiro atoms. The zero-order valence-electron chi connectivity index (χ0n) is 10.4. The predicted octanol–water partition coefficient (Wildman–Crippen LogP) is -0.548. The molecule has 2 N–H and O–H groups in total. The van der Waals surface area contributed by atoms with Crippen molar-refractivity contribution in [1.82, 2.24) is 10.2 Å². The Morgan fingerprint density at radius 1 is 1.41 bits per heavy atom. The maximum atomic E-state index is 12.3. The molecule has 0 saturated carbocycles. The number of ether oxygens (including phenoxy) is 1. The van der Waals surface area contributed by atoms with E-state index in [0.29, 0.717) is 19.1 Å². The molecule has 0 radical (unpaired) electrons. The molecule has 0 aromatic rings. The molecule has 2 heterocycles. The van der Waals surface area contributed by atoms with Gasteiger partial charge in [0.1, 0.15) is 0 Å². The van der Waals surface area contributed by atoms with E-state index in [0.717, 1.165) is 25.9 Å². The van der Waals surface area contributed by atoms with Crippen molar-refractivity contribution >= 4 is 5.91 Å². The maximum absolute atomic E-state index is 12.3. The van der Waals surface area contributed by atoms with E-state index in [9.17, 15) is 4.79 Å². The van der Waals surface area contributed by atoms with Gasteiger partial charge >= 0.3 is 0 Å². The normalized spacial score (nSPS) is 30.8. The minimum absolute atomic E-state index is 0.0364. The first-order valence-corrected chi connectivity index (χ1v) is 6.41. The molecular weight excluding hydrogens is 220 g/mol. The number of likely N-dealkylation sites (tertiary alicyclic amines) is 1. The Kier molecular flexibility index (Phi) is 4.36. The lowest BCUT2D eigenvalue weighted by molar-refractivity contribution is -0.137. The first-order valence-electron chi connectivity index (χ1n) is 6.41. The van der Waals surface area contributed by atoms with E-state index in [1.807, 2.05) is 11.9 Å². The second-order valence-corrected chi connectivity index (χ2v) is 4.99. The fraction of sp³-hybridized carbons (Fsp3) is 0.917. The number of nitrogens with one attached hydrogen (secondary N) is 1. The molecule has 0 aliphatic carbocycles. The zero-order chi connectivity index (χ0) is 12.3. The molecule has 5 nitrogen and oxygen atoms in total. The summed E-state index contributed by atoms with van der Waals surface area (Å²) in [5.41, 5.74) is 0. The summed E-state index contributed by atoms with van der Waals surface area (Å²) in [7, 11) is 1.87. The van der Waals surface area contributed by atoms with Crippen LogP contribution in [0.3, 0.4) is 0 Å². The number of aliphatic hydroxyl groups is 1. The number of piperidine rings is 1. The van der Waals surface area contributed by atoms with Gasteiger partial charge in [-0.25, -0.2) is 0 Å². The largest absolute Gasteiger partial charge is 0.396 e. The van der Waals surface area contributed by atoms with Crippen LogP contribution in [0.15, 0.2) is 0 Å². The molecule has 1 amide bonds. The van der Waals surface area contributed by atoms with Crippen LogP contribution in [0.2, 0.25) is 0 Å². The molecule has 2 aliphatic rings. The van der Waals surface area contributed by atoms with Gasteiger partial charge in [-0.2, -0.15) is 0 Å². The number of likely N-dealkylation sites (N-methyl/N-ethyl adjacent to an activating group) is 1. The molecular formula is C12H22N2O3. The lowest BCUT2D eigenvalue weighted by Gasteiger charge is -2.33. The van der Waals surface area contributed by atoms with Gasteiger partial charge in [-0.05, 0) is 25.8 Å². The average Bonchev–Trinajstić information content (AvgIpc) is 2.86. The maximum Gasteiger partial charge on any atom is 0.229 e. The third kappa shape index (κ3) is 2.78. The molecule has 5 heteroatoms. The summed E-state index contributed by atoms with van der Waals surface area (Å²) in [4.78, 5) is 14.2. The number of carbonyl (C=O) groups is 1. The van der Waals surface area contributed by atoms with Crippen molar-refractivity contribution < 1.29 is 14.6 Å². The SMILES string of the molecule is CNC1COCC1C(=O)N1CCC(CO)CC1. The van der Waals surface area contributed by atoms with Crippen molar-refractivity contribution in [1.29, 1.82) is 0 Å². The molecule has 0 aromatic heterocycles. The van der Waals surface area contributed by atoms with E-state index in [1.54, 1.807) is 0 Å². The predicted molar refractivity (Wildman–Crippen MR) is 63.5 cm³/mol. The average molecular weight is 242 g/mol. The van der Waals surface area contributed by atoms with Crippen LogP contribution in [0.4, 0.5) is 0 Å². The minimum atomic E-state index is -0.0364. The first kappa shape index (κ1) is 12.8. The van der Waals surface area contributed by atoms with Crippen molar-refractivity contribution in [3.8, 4) is 0 Å². The van der Waals surface area contributed by atoms with Gasteiger partial charge in [-0.3, -0.25) is 4.79 Å². The van der Waals surface area contributed by atoms with E-state index in [-0.39, 0.29) is 24.5 Å². The Hall–Kier alpha value is -0.650. The summed E-state index contributed by atoms with van der Waals surface area (Å²) in [6.45, 7) is 2.95. The first-order chi connectivity index (χ1) is 8.26. The third-order valence-corrected chi connectivity index (χ3v) is 3.95. The smallest absolute Gasteiger partial charge is 0.229 e. The van der Waals surface area contributed by atoms with E-state index >= 15 is 0 Å². The number of aliphatic hydroxyl groups excluding tert-OH is 1. The van der Waals surface area contributed by atoms with Crippen molar-refractivity contribution in [3.63, 3.8) is 0 Å². The molecule has 98 valence electrons. The van der Waals surface area contributed by atoms with Crippen molar-refractivity contribution in [2.45, 2.75) is 18.9 Å². The topological polar surface area (TPSA) is 61.8 Å². The van der Waals surface area contributed by atoms with Crippen molar-refractivity contribution in [3.05, 3.63) is 0 Å². The van der Waals surface area contributed by atoms with Gasteiger partial charge in [0, 0.05) is 25.7 Å². The van der Waals surface area contributed by atoms with E-state index in [1.165, 1.54) is 0 Å². The van der Waals surface area contributed by atoms with E-state index in [4.69, 9.17) is 9.84 Å². The highest BCUT2D eigenvalue weighted by Gasteiger charge is 2.36. The summed E-state index contributed by atoms with van der Waals surface area (Å²) >= 11 is 0. The number of rotatable bonds is 3. The second kappa shape index (κ2) is 5.80. The van der Waals surface area contributed by atoms with Gasteiger partial charge in [-0.15, -0.1) is 0 Å². The van der Waals surface area contributed by atoms with Crippen LogP contribution in [-0.4, -0.2) is 61.9 Å². The Bertz CT molecular complexity index is 264. The van der Waals surface area contributed by atoms with Gasteiger partial charge in [0.05, 0.1) is 19.1 Å². The van der Waals surface area contributed by atoms with Crippen LogP contribution in [0, 0.1) is 11.8 Å². The van der Waals surface area contributed by atoms with Crippen LogP contribution >= 0.6 is 0 Å². The highest BCUT2D eigenvalue weighted by atomic mass is 16.5. The lowest BCUT2D eigenvalue weighted by Crippen LogP contribution is -2.47. The van der Waals surface area contributed by atoms with E-state index < -0.39 is 0 Å². The van der Waals surface area contributed by atoms with Gasteiger partial charge in [-0.1, -0.05) is 0 Å². The molecule has 2 rings (SSSR count). The molecule has 2 atom stereocenters. The van der Waals surface area contributed by atoms with Gasteiger partial charge in [0.25, 0.3) is 0 Å². The molecule has 0 aromatic carbocycles. The fourth-order valence-corrected chi connectivity index (χ4v) is 2.65. The monoisotopic (exact) mass is 242 g/mol. The van der Waals surface area contributed by atoms with Crippen LogP contribution in [0.1, 0.15) is 12.8 Å². The van der Waals surface area contributed by atoms with Crippen molar-refractivity contribution in [2.75, 3.05) is 40.0 Å². The highest BCUT2D eigenvalue weighted by molar-refractivity contribution is 5.80. The summed E-state index contributed by atoms with van der Waals surface area (Å²) < 4.78 is 5.36. The van der Waals surface area contributed by atoms with Gasteiger partial charge in [0.15, 0.2) is 0 Å². The molecule has 17 heavy (non-hydrogen) atoms. The number of hydrogen-bond acceptors (Lipinski definition) is 4. The van der Waals surface area contributed by atoms with Crippen LogP contribution in [0.25, 0.3) is 0 Å². The quantitative estimate of drug-likeness (QED) is 0.697. The third-order valence-electron chi connectivity index (χ3n) is 3.95. The fourth-order valence-electron chi connectivity index (χ4n) is 2.65. The zero-order valence-corrected chi connectivity index (χ0v) is 10.4. The summed E-state index contributed by atoms with van der Waals surface area (Å²) in [6, 6.07) is 0.151. The van der Waals surface area contributed by atoms with Gasteiger partial charge in [0.2, 0.25) is 5.91 Å². The lowest BCUT2D eigenvalue weighted by atomic mass is 9.95. The molecule has 2 fully saturated rings. The Morgan fingerprint density at radius 3 is 2.71 bits per heavy atom. The van der Waals surface area contributed by atoms with Gasteiger partial charge < -0.3 is 20.1 Å². The molecule has 0 bridgehead atoms. The van der Waals surface area contributed by atoms with Crippen LogP contribution < -0.4 is 5.32 Å². The van der Waals surface area contributed by atoms with E-state index in [2.05, 4.69) is 5.32 Å². The second-order valence-electron chi connectivity index (χ2n) is 4.99. The minimum Gasteiger partial charge on any atom is -0.396 e. The number of nitrogens with zero attached hydrogens (tertiary/aromatic N) is 1. The summed E-state index contributed by atoms with van der Waals surface area (Å²) in [5.74, 6) is 0.544.